The third-order valence-corrected chi connectivity index (χ3v) is 2.83. The highest BCUT2D eigenvalue weighted by atomic mass is 19.1. The number of methoxy groups -OCH3 is 2. The molecule has 0 fully saturated rings. The Morgan fingerprint density at radius 1 is 1.10 bits per heavy atom. The Morgan fingerprint density at radius 3 is 2.55 bits per heavy atom. The largest absolute Gasteiger partial charge is 0.508 e. The fourth-order valence-corrected chi connectivity index (χ4v) is 1.88. The number of rotatable bonds is 5. The van der Waals surface area contributed by atoms with Crippen LogP contribution in [0.25, 0.3) is 0 Å². The number of nitrogens with one attached hydrogen (secondary N) is 1. The minimum absolute atomic E-state index is 0.0978. The van der Waals surface area contributed by atoms with Crippen LogP contribution >= 0.6 is 0 Å². The van der Waals surface area contributed by atoms with Gasteiger partial charge in [0.25, 0.3) is 0 Å². The average Bonchev–Trinajstić information content (AvgIpc) is 2.43. The third-order valence-electron chi connectivity index (χ3n) is 2.83. The average molecular weight is 277 g/mol. The Bertz CT molecular complexity index is 581. The molecule has 0 saturated carbocycles. The zero-order chi connectivity index (χ0) is 14.5. The first kappa shape index (κ1) is 14.0. The summed E-state index contributed by atoms with van der Waals surface area (Å²) in [7, 11) is 3.15. The van der Waals surface area contributed by atoms with E-state index < -0.39 is 5.82 Å². The molecule has 4 nitrogen and oxygen atoms in total. The molecule has 0 atom stereocenters. The van der Waals surface area contributed by atoms with Crippen molar-refractivity contribution in [2.24, 2.45) is 0 Å². The molecular formula is C15H16FNO3. The predicted octanol–water partition coefficient (Wildman–Crippen LogP) is 3.16. The number of aromatic hydroxyl groups is 1. The van der Waals surface area contributed by atoms with E-state index in [-0.39, 0.29) is 5.75 Å². The molecule has 0 aliphatic heterocycles. The van der Waals surface area contributed by atoms with Crippen LogP contribution in [-0.4, -0.2) is 19.3 Å². The second-order valence-corrected chi connectivity index (χ2v) is 4.24. The lowest BCUT2D eigenvalue weighted by Crippen LogP contribution is -2.02. The van der Waals surface area contributed by atoms with Gasteiger partial charge in [-0.3, -0.25) is 0 Å². The zero-order valence-corrected chi connectivity index (χ0v) is 11.3. The lowest BCUT2D eigenvalue weighted by atomic mass is 10.2. The molecule has 0 spiro atoms. The van der Waals surface area contributed by atoms with Crippen LogP contribution in [0.3, 0.4) is 0 Å². The first-order valence-electron chi connectivity index (χ1n) is 6.06. The number of hydrogen-bond acceptors (Lipinski definition) is 4. The van der Waals surface area contributed by atoms with Crippen molar-refractivity contribution >= 4 is 5.69 Å². The van der Waals surface area contributed by atoms with Gasteiger partial charge in [0.15, 0.2) is 0 Å². The second kappa shape index (κ2) is 6.14. The van der Waals surface area contributed by atoms with Crippen molar-refractivity contribution in [2.45, 2.75) is 6.54 Å². The smallest absolute Gasteiger partial charge is 0.142 e. The standard InChI is InChI=1S/C15H16FNO3/c1-19-13-3-4-15(20-2)14(8-13)17-9-10-5-11(16)7-12(18)6-10/h3-8,17-18H,9H2,1-2H3. The van der Waals surface area contributed by atoms with Crippen LogP contribution in [0.2, 0.25) is 0 Å². The van der Waals surface area contributed by atoms with Gasteiger partial charge in [-0.05, 0) is 29.8 Å². The number of phenolic OH excluding ortho intramolecular Hbond substituents is 1. The molecule has 20 heavy (non-hydrogen) atoms. The summed E-state index contributed by atoms with van der Waals surface area (Å²) in [6.07, 6.45) is 0. The molecule has 2 aromatic rings. The second-order valence-electron chi connectivity index (χ2n) is 4.24. The first-order chi connectivity index (χ1) is 9.62. The number of ether oxygens (including phenoxy) is 2. The number of phenols is 1. The summed E-state index contributed by atoms with van der Waals surface area (Å²) in [6.45, 7) is 0.356. The normalized spacial score (nSPS) is 10.2. The van der Waals surface area contributed by atoms with Gasteiger partial charge in [-0.25, -0.2) is 4.39 Å². The number of benzene rings is 2. The van der Waals surface area contributed by atoms with E-state index in [4.69, 9.17) is 9.47 Å². The lowest BCUT2D eigenvalue weighted by Gasteiger charge is -2.13. The van der Waals surface area contributed by atoms with E-state index in [9.17, 15) is 9.50 Å². The van der Waals surface area contributed by atoms with E-state index in [1.54, 1.807) is 32.4 Å². The number of anilines is 1. The van der Waals surface area contributed by atoms with E-state index in [1.807, 2.05) is 0 Å². The molecule has 106 valence electrons. The fourth-order valence-electron chi connectivity index (χ4n) is 1.88. The Hall–Kier alpha value is -2.43. The summed E-state index contributed by atoms with van der Waals surface area (Å²) in [5.74, 6) is 0.778. The van der Waals surface area contributed by atoms with Crippen LogP contribution < -0.4 is 14.8 Å². The molecular weight excluding hydrogens is 261 g/mol. The van der Waals surface area contributed by atoms with Crippen LogP contribution in [0, 0.1) is 5.82 Å². The molecule has 2 N–H and O–H groups in total. The molecule has 0 bridgehead atoms. The topological polar surface area (TPSA) is 50.7 Å². The zero-order valence-electron chi connectivity index (χ0n) is 11.3. The van der Waals surface area contributed by atoms with Gasteiger partial charge >= 0.3 is 0 Å². The highest BCUT2D eigenvalue weighted by Crippen LogP contribution is 2.29. The van der Waals surface area contributed by atoms with Gasteiger partial charge in [0.2, 0.25) is 0 Å². The van der Waals surface area contributed by atoms with Crippen LogP contribution in [0.5, 0.6) is 17.2 Å². The van der Waals surface area contributed by atoms with E-state index in [0.29, 0.717) is 23.6 Å². The molecule has 0 heterocycles. The van der Waals surface area contributed by atoms with Gasteiger partial charge in [0, 0.05) is 18.7 Å². The van der Waals surface area contributed by atoms with Crippen molar-refractivity contribution in [3.63, 3.8) is 0 Å². The van der Waals surface area contributed by atoms with Crippen molar-refractivity contribution in [3.8, 4) is 17.2 Å². The van der Waals surface area contributed by atoms with E-state index in [1.165, 1.54) is 12.1 Å². The van der Waals surface area contributed by atoms with Crippen LogP contribution in [-0.2, 0) is 6.54 Å². The maximum atomic E-state index is 13.2. The van der Waals surface area contributed by atoms with Gasteiger partial charge in [-0.15, -0.1) is 0 Å². The van der Waals surface area contributed by atoms with Gasteiger partial charge in [0.1, 0.15) is 23.1 Å². The maximum absolute atomic E-state index is 13.2. The summed E-state index contributed by atoms with van der Waals surface area (Å²) in [4.78, 5) is 0. The molecule has 0 aromatic heterocycles. The minimum Gasteiger partial charge on any atom is -0.508 e. The van der Waals surface area contributed by atoms with E-state index in [2.05, 4.69) is 5.32 Å². The van der Waals surface area contributed by atoms with E-state index >= 15 is 0 Å². The molecule has 0 unspecified atom stereocenters. The Labute approximate surface area is 116 Å². The summed E-state index contributed by atoms with van der Waals surface area (Å²) in [6, 6.07) is 9.29. The predicted molar refractivity (Wildman–Crippen MR) is 74.9 cm³/mol. The summed E-state index contributed by atoms with van der Waals surface area (Å²) >= 11 is 0. The van der Waals surface area contributed by atoms with Crippen molar-refractivity contribution in [2.75, 3.05) is 19.5 Å². The molecule has 0 amide bonds. The van der Waals surface area contributed by atoms with Crippen LogP contribution in [0.15, 0.2) is 36.4 Å². The lowest BCUT2D eigenvalue weighted by molar-refractivity contribution is 0.404. The van der Waals surface area contributed by atoms with Crippen molar-refractivity contribution < 1.29 is 19.0 Å². The molecule has 0 aliphatic carbocycles. The molecule has 0 aliphatic rings. The SMILES string of the molecule is COc1ccc(OC)c(NCc2cc(O)cc(F)c2)c1. The summed E-state index contributed by atoms with van der Waals surface area (Å²) < 4.78 is 23.6. The van der Waals surface area contributed by atoms with Crippen molar-refractivity contribution in [1.29, 1.82) is 0 Å². The van der Waals surface area contributed by atoms with Gasteiger partial charge in [-0.1, -0.05) is 0 Å². The quantitative estimate of drug-likeness (QED) is 0.881. The number of hydrogen-bond donors (Lipinski definition) is 2. The van der Waals surface area contributed by atoms with Crippen LogP contribution in [0.1, 0.15) is 5.56 Å². The van der Waals surface area contributed by atoms with Gasteiger partial charge < -0.3 is 19.9 Å². The van der Waals surface area contributed by atoms with Gasteiger partial charge in [-0.2, -0.15) is 0 Å². The highest BCUT2D eigenvalue weighted by molar-refractivity contribution is 5.60. The Morgan fingerprint density at radius 2 is 1.90 bits per heavy atom. The maximum Gasteiger partial charge on any atom is 0.142 e. The first-order valence-corrected chi connectivity index (χ1v) is 6.06. The fraction of sp³-hybridized carbons (Fsp3) is 0.200. The van der Waals surface area contributed by atoms with Crippen molar-refractivity contribution in [1.82, 2.24) is 0 Å². The van der Waals surface area contributed by atoms with Gasteiger partial charge in [0.05, 0.1) is 19.9 Å². The van der Waals surface area contributed by atoms with Crippen molar-refractivity contribution in [3.05, 3.63) is 47.8 Å². The molecule has 2 rings (SSSR count). The van der Waals surface area contributed by atoms with E-state index in [0.717, 1.165) is 11.8 Å². The summed E-state index contributed by atoms with van der Waals surface area (Å²) in [5.41, 5.74) is 1.36. The molecule has 5 heteroatoms. The monoisotopic (exact) mass is 277 g/mol. The summed E-state index contributed by atoms with van der Waals surface area (Å²) in [5, 5.41) is 12.5. The molecule has 0 radical (unpaired) electrons. The third kappa shape index (κ3) is 3.32. The van der Waals surface area contributed by atoms with Crippen LogP contribution in [0.4, 0.5) is 10.1 Å². The minimum atomic E-state index is -0.473. The Balaban J connectivity index is 2.17. The molecule has 2 aromatic carbocycles. The highest BCUT2D eigenvalue weighted by Gasteiger charge is 2.06. The number of halogens is 1. The Kier molecular flexibility index (Phi) is 4.30. The molecule has 0 saturated heterocycles.